The van der Waals surface area contributed by atoms with Gasteiger partial charge in [-0.15, -0.1) is 24.0 Å². The van der Waals surface area contributed by atoms with Gasteiger partial charge in [0.05, 0.1) is 6.54 Å². The molecule has 2 rings (SSSR count). The summed E-state index contributed by atoms with van der Waals surface area (Å²) >= 11 is 0. The Morgan fingerprint density at radius 3 is 2.50 bits per heavy atom. The number of guanidine groups is 1. The molecule has 7 heteroatoms. The van der Waals surface area contributed by atoms with Crippen LogP contribution in [-0.2, 0) is 11.3 Å². The quantitative estimate of drug-likeness (QED) is 0.390. The van der Waals surface area contributed by atoms with Gasteiger partial charge in [-0.1, -0.05) is 36.4 Å². The van der Waals surface area contributed by atoms with Crippen molar-refractivity contribution in [3.8, 4) is 0 Å². The van der Waals surface area contributed by atoms with Crippen LogP contribution >= 0.6 is 24.0 Å². The zero-order chi connectivity index (χ0) is 18.1. The predicted molar refractivity (Wildman–Crippen MR) is 117 cm³/mol. The van der Waals surface area contributed by atoms with E-state index in [9.17, 15) is 4.79 Å². The molecule has 0 aliphatic heterocycles. The molecule has 0 radical (unpaired) electrons. The standard InChI is InChI=1S/C19H25N5O.HI/c1-15-9-10-17(21-13-15)23-18(25)11-12-20-19(24(2)3)22-14-16-7-5-4-6-8-16;/h4-10,13H,11-12,14H2,1-3H3,(H,20,22)(H,21,23,25);1H. The van der Waals surface area contributed by atoms with E-state index >= 15 is 0 Å². The van der Waals surface area contributed by atoms with Crippen molar-refractivity contribution in [3.05, 3.63) is 59.8 Å². The topological polar surface area (TPSA) is 69.6 Å². The van der Waals surface area contributed by atoms with Crippen LogP contribution < -0.4 is 10.6 Å². The van der Waals surface area contributed by atoms with Crippen LogP contribution in [0.25, 0.3) is 0 Å². The molecule has 0 fully saturated rings. The van der Waals surface area contributed by atoms with Gasteiger partial charge < -0.3 is 15.5 Å². The van der Waals surface area contributed by atoms with E-state index < -0.39 is 0 Å². The lowest BCUT2D eigenvalue weighted by Crippen LogP contribution is -2.38. The first-order valence-electron chi connectivity index (χ1n) is 8.26. The Bertz CT molecular complexity index is 702. The van der Waals surface area contributed by atoms with E-state index in [4.69, 9.17) is 0 Å². The number of hydrogen-bond donors (Lipinski definition) is 2. The van der Waals surface area contributed by atoms with Gasteiger partial charge in [0.25, 0.3) is 0 Å². The van der Waals surface area contributed by atoms with Gasteiger partial charge in [-0.05, 0) is 24.1 Å². The molecule has 1 aromatic heterocycles. The van der Waals surface area contributed by atoms with Crippen molar-refractivity contribution >= 4 is 41.7 Å². The second kappa shape index (κ2) is 11.5. The van der Waals surface area contributed by atoms with Crippen molar-refractivity contribution in [3.63, 3.8) is 0 Å². The van der Waals surface area contributed by atoms with Gasteiger partial charge in [0.2, 0.25) is 5.91 Å². The maximum Gasteiger partial charge on any atom is 0.227 e. The average molecular weight is 467 g/mol. The molecule has 0 aliphatic rings. The summed E-state index contributed by atoms with van der Waals surface area (Å²) in [7, 11) is 3.85. The van der Waals surface area contributed by atoms with Crippen molar-refractivity contribution in [1.82, 2.24) is 15.2 Å². The zero-order valence-electron chi connectivity index (χ0n) is 15.4. The van der Waals surface area contributed by atoms with E-state index in [1.807, 2.05) is 62.3 Å². The Balaban J connectivity index is 0.00000338. The highest BCUT2D eigenvalue weighted by Gasteiger charge is 2.06. The summed E-state index contributed by atoms with van der Waals surface area (Å²) in [6.07, 6.45) is 2.07. The second-order valence-corrected chi connectivity index (χ2v) is 5.97. The number of carbonyl (C=O) groups excluding carboxylic acids is 1. The molecule has 0 bridgehead atoms. The Labute approximate surface area is 172 Å². The zero-order valence-corrected chi connectivity index (χ0v) is 17.7. The first kappa shape index (κ1) is 21.9. The van der Waals surface area contributed by atoms with Gasteiger partial charge in [-0.25, -0.2) is 9.98 Å². The number of amides is 1. The Hall–Kier alpha value is -2.16. The molecule has 0 saturated heterocycles. The van der Waals surface area contributed by atoms with E-state index in [-0.39, 0.29) is 29.9 Å². The van der Waals surface area contributed by atoms with E-state index in [1.165, 1.54) is 0 Å². The van der Waals surface area contributed by atoms with E-state index in [2.05, 4.69) is 20.6 Å². The molecule has 140 valence electrons. The van der Waals surface area contributed by atoms with Crippen LogP contribution in [0, 0.1) is 6.92 Å². The molecule has 0 saturated carbocycles. The number of nitrogens with one attached hydrogen (secondary N) is 2. The molecule has 2 N–H and O–H groups in total. The molecular formula is C19H26IN5O. The number of rotatable bonds is 6. The highest BCUT2D eigenvalue weighted by Crippen LogP contribution is 2.04. The maximum absolute atomic E-state index is 12.0. The average Bonchev–Trinajstić information content (AvgIpc) is 2.60. The largest absolute Gasteiger partial charge is 0.356 e. The molecule has 0 atom stereocenters. The van der Waals surface area contributed by atoms with Crippen molar-refractivity contribution in [2.24, 2.45) is 4.99 Å². The molecule has 6 nitrogen and oxygen atoms in total. The van der Waals surface area contributed by atoms with E-state index in [0.717, 1.165) is 17.1 Å². The van der Waals surface area contributed by atoms with Gasteiger partial charge in [0.1, 0.15) is 5.82 Å². The molecular weight excluding hydrogens is 441 g/mol. The number of nitrogens with zero attached hydrogens (tertiary/aromatic N) is 3. The third-order valence-corrected chi connectivity index (χ3v) is 3.49. The molecule has 1 amide bonds. The van der Waals surface area contributed by atoms with Gasteiger partial charge >= 0.3 is 0 Å². The number of halogens is 1. The third-order valence-electron chi connectivity index (χ3n) is 3.49. The van der Waals surface area contributed by atoms with Crippen molar-refractivity contribution in [2.75, 3.05) is 26.0 Å². The summed E-state index contributed by atoms with van der Waals surface area (Å²) in [5.41, 5.74) is 2.21. The Morgan fingerprint density at radius 2 is 1.88 bits per heavy atom. The Kier molecular flexibility index (Phi) is 9.64. The van der Waals surface area contributed by atoms with Gasteiger partial charge in [-0.3, -0.25) is 4.79 Å². The first-order valence-corrected chi connectivity index (χ1v) is 8.26. The van der Waals surface area contributed by atoms with Gasteiger partial charge in [-0.2, -0.15) is 0 Å². The number of benzene rings is 1. The highest BCUT2D eigenvalue weighted by molar-refractivity contribution is 14.0. The number of aliphatic imine (C=N–C) groups is 1. The van der Waals surface area contributed by atoms with Crippen LogP contribution in [0.15, 0.2) is 53.7 Å². The minimum Gasteiger partial charge on any atom is -0.356 e. The van der Waals surface area contributed by atoms with Crippen LogP contribution in [0.2, 0.25) is 0 Å². The number of aryl methyl sites for hydroxylation is 1. The van der Waals surface area contributed by atoms with Crippen LogP contribution in [0.4, 0.5) is 5.82 Å². The summed E-state index contributed by atoms with van der Waals surface area (Å²) in [4.78, 5) is 22.6. The fraction of sp³-hybridized carbons (Fsp3) is 0.316. The Morgan fingerprint density at radius 1 is 1.15 bits per heavy atom. The SMILES string of the molecule is Cc1ccc(NC(=O)CCNC(=NCc2ccccc2)N(C)C)nc1.I. The number of pyridine rings is 1. The fourth-order valence-electron chi connectivity index (χ4n) is 2.14. The summed E-state index contributed by atoms with van der Waals surface area (Å²) in [5.74, 6) is 1.25. The lowest BCUT2D eigenvalue weighted by Gasteiger charge is -2.17. The summed E-state index contributed by atoms with van der Waals surface area (Å²) < 4.78 is 0. The first-order chi connectivity index (χ1) is 12.0. The molecule has 1 aromatic carbocycles. The number of anilines is 1. The third kappa shape index (κ3) is 7.81. The van der Waals surface area contributed by atoms with Crippen LogP contribution in [-0.4, -0.2) is 42.4 Å². The molecule has 0 unspecified atom stereocenters. The lowest BCUT2D eigenvalue weighted by atomic mass is 10.2. The minimum atomic E-state index is -0.0787. The summed E-state index contributed by atoms with van der Waals surface area (Å²) in [6, 6.07) is 13.8. The van der Waals surface area contributed by atoms with Crippen molar-refractivity contribution in [2.45, 2.75) is 19.9 Å². The fourth-order valence-corrected chi connectivity index (χ4v) is 2.14. The highest BCUT2D eigenvalue weighted by atomic mass is 127. The van der Waals surface area contributed by atoms with Crippen LogP contribution in [0.1, 0.15) is 17.5 Å². The maximum atomic E-state index is 12.0. The van der Waals surface area contributed by atoms with E-state index in [1.54, 1.807) is 12.3 Å². The number of hydrogen-bond acceptors (Lipinski definition) is 3. The van der Waals surface area contributed by atoms with Crippen LogP contribution in [0.3, 0.4) is 0 Å². The van der Waals surface area contributed by atoms with Crippen molar-refractivity contribution < 1.29 is 4.79 Å². The monoisotopic (exact) mass is 467 g/mol. The molecule has 1 heterocycles. The van der Waals surface area contributed by atoms with Gasteiger partial charge in [0.15, 0.2) is 5.96 Å². The molecule has 0 aliphatic carbocycles. The molecule has 2 aromatic rings. The summed E-state index contributed by atoms with van der Waals surface area (Å²) in [5, 5.41) is 6.00. The van der Waals surface area contributed by atoms with Gasteiger partial charge in [0, 0.05) is 33.3 Å². The molecule has 0 spiro atoms. The van der Waals surface area contributed by atoms with Crippen molar-refractivity contribution in [1.29, 1.82) is 0 Å². The summed E-state index contributed by atoms with van der Waals surface area (Å²) in [6.45, 7) is 3.06. The predicted octanol–water partition coefficient (Wildman–Crippen LogP) is 3.04. The normalized spacial score (nSPS) is 10.7. The second-order valence-electron chi connectivity index (χ2n) is 5.97. The number of aromatic nitrogens is 1. The lowest BCUT2D eigenvalue weighted by molar-refractivity contribution is -0.116. The smallest absolute Gasteiger partial charge is 0.227 e. The van der Waals surface area contributed by atoms with E-state index in [0.29, 0.717) is 25.3 Å². The van der Waals surface area contributed by atoms with Crippen LogP contribution in [0.5, 0.6) is 0 Å². The molecule has 26 heavy (non-hydrogen) atoms. The minimum absolute atomic E-state index is 0. The number of carbonyl (C=O) groups is 1.